The Labute approximate surface area is 107 Å². The van der Waals surface area contributed by atoms with Gasteiger partial charge in [-0.25, -0.2) is 4.79 Å². The summed E-state index contributed by atoms with van der Waals surface area (Å²) in [4.78, 5) is 13.4. The number of carbonyl (C=O) groups excluding carboxylic acids is 1. The molecule has 2 rings (SSSR count). The standard InChI is InChI=1S/C13H19NO4/c1-4-10-8-13(17-6-7-18-13)11(5-2)14(9-10)12(15)16-3/h4-5,10-11H,1-2,6-9H2,3H3/t10-,11+/m0/s1. The van der Waals surface area contributed by atoms with Gasteiger partial charge in [0, 0.05) is 13.0 Å². The Hall–Kier alpha value is -1.33. The first-order valence-electron chi connectivity index (χ1n) is 6.04. The van der Waals surface area contributed by atoms with Crippen molar-refractivity contribution in [3.05, 3.63) is 25.3 Å². The van der Waals surface area contributed by atoms with Gasteiger partial charge in [0.05, 0.1) is 20.3 Å². The first-order valence-corrected chi connectivity index (χ1v) is 6.04. The molecule has 2 aliphatic rings. The number of hydrogen-bond donors (Lipinski definition) is 0. The Morgan fingerprint density at radius 1 is 1.39 bits per heavy atom. The maximum atomic E-state index is 11.8. The van der Waals surface area contributed by atoms with Gasteiger partial charge in [0.1, 0.15) is 6.04 Å². The summed E-state index contributed by atoms with van der Waals surface area (Å²) in [5.41, 5.74) is 0. The molecule has 2 saturated heterocycles. The predicted molar refractivity (Wildman–Crippen MR) is 66.0 cm³/mol. The second kappa shape index (κ2) is 5.12. The number of carbonyl (C=O) groups is 1. The number of rotatable bonds is 2. The van der Waals surface area contributed by atoms with Crippen LogP contribution in [0.1, 0.15) is 6.42 Å². The molecule has 0 N–H and O–H groups in total. The Balaban J connectivity index is 2.30. The monoisotopic (exact) mass is 253 g/mol. The van der Waals surface area contributed by atoms with Crippen molar-refractivity contribution in [1.82, 2.24) is 4.90 Å². The highest BCUT2D eigenvalue weighted by Gasteiger charge is 2.52. The lowest BCUT2D eigenvalue weighted by Gasteiger charge is -2.46. The van der Waals surface area contributed by atoms with Gasteiger partial charge in [0.2, 0.25) is 0 Å². The van der Waals surface area contributed by atoms with E-state index in [1.165, 1.54) is 7.11 Å². The molecule has 2 atom stereocenters. The molecule has 0 aromatic heterocycles. The van der Waals surface area contributed by atoms with Crippen LogP contribution in [0.15, 0.2) is 25.3 Å². The van der Waals surface area contributed by atoms with E-state index in [-0.39, 0.29) is 12.0 Å². The van der Waals surface area contributed by atoms with E-state index in [1.807, 2.05) is 6.08 Å². The molecule has 1 amide bonds. The number of ether oxygens (including phenoxy) is 3. The van der Waals surface area contributed by atoms with Crippen LogP contribution in [0.5, 0.6) is 0 Å². The normalized spacial score (nSPS) is 30.2. The van der Waals surface area contributed by atoms with Crippen molar-refractivity contribution >= 4 is 6.09 Å². The van der Waals surface area contributed by atoms with E-state index in [4.69, 9.17) is 14.2 Å². The fourth-order valence-corrected chi connectivity index (χ4v) is 2.68. The zero-order valence-electron chi connectivity index (χ0n) is 10.6. The van der Waals surface area contributed by atoms with Crippen molar-refractivity contribution in [2.24, 2.45) is 5.92 Å². The van der Waals surface area contributed by atoms with E-state index in [0.29, 0.717) is 26.2 Å². The average molecular weight is 253 g/mol. The van der Waals surface area contributed by atoms with Gasteiger partial charge in [-0.15, -0.1) is 13.2 Å². The lowest BCUT2D eigenvalue weighted by atomic mass is 9.87. The molecule has 0 saturated carbocycles. The van der Waals surface area contributed by atoms with Crippen LogP contribution in [-0.4, -0.2) is 49.7 Å². The molecule has 5 heteroatoms. The minimum absolute atomic E-state index is 0.124. The summed E-state index contributed by atoms with van der Waals surface area (Å²) in [7, 11) is 1.36. The molecular weight excluding hydrogens is 234 g/mol. The third-order valence-corrected chi connectivity index (χ3v) is 3.51. The summed E-state index contributed by atoms with van der Waals surface area (Å²) < 4.78 is 16.3. The maximum absolute atomic E-state index is 11.8. The van der Waals surface area contributed by atoms with Crippen LogP contribution in [0.3, 0.4) is 0 Å². The van der Waals surface area contributed by atoms with Crippen LogP contribution in [0, 0.1) is 5.92 Å². The molecule has 100 valence electrons. The lowest BCUT2D eigenvalue weighted by molar-refractivity contribution is -0.212. The van der Waals surface area contributed by atoms with Gasteiger partial charge in [-0.2, -0.15) is 0 Å². The fourth-order valence-electron chi connectivity index (χ4n) is 2.68. The first-order chi connectivity index (χ1) is 8.66. The molecule has 0 aromatic rings. The average Bonchev–Trinajstić information content (AvgIpc) is 2.85. The van der Waals surface area contributed by atoms with Crippen LogP contribution in [0.25, 0.3) is 0 Å². The summed E-state index contributed by atoms with van der Waals surface area (Å²) in [5.74, 6) is -0.675. The Morgan fingerprint density at radius 3 is 2.56 bits per heavy atom. The number of nitrogens with zero attached hydrogens (tertiary/aromatic N) is 1. The molecule has 0 radical (unpaired) electrons. The van der Waals surface area contributed by atoms with Gasteiger partial charge in [-0.3, -0.25) is 4.90 Å². The van der Waals surface area contributed by atoms with Gasteiger partial charge in [0.15, 0.2) is 5.79 Å². The molecule has 1 spiro atoms. The van der Waals surface area contributed by atoms with Crippen molar-refractivity contribution in [1.29, 1.82) is 0 Å². The van der Waals surface area contributed by atoms with Gasteiger partial charge >= 0.3 is 6.09 Å². The summed E-state index contributed by atoms with van der Waals surface area (Å²) in [6.45, 7) is 9.18. The molecule has 2 heterocycles. The molecule has 2 aliphatic heterocycles. The third-order valence-electron chi connectivity index (χ3n) is 3.51. The van der Waals surface area contributed by atoms with Gasteiger partial charge in [0.25, 0.3) is 0 Å². The molecular formula is C13H19NO4. The molecule has 2 fully saturated rings. The fraction of sp³-hybridized carbons (Fsp3) is 0.615. The second-order valence-corrected chi connectivity index (χ2v) is 4.51. The Bertz CT molecular complexity index is 349. The van der Waals surface area contributed by atoms with Crippen molar-refractivity contribution in [3.63, 3.8) is 0 Å². The summed E-state index contributed by atoms with van der Waals surface area (Å²) in [6, 6.07) is -0.330. The summed E-state index contributed by atoms with van der Waals surface area (Å²) >= 11 is 0. The van der Waals surface area contributed by atoms with Gasteiger partial charge < -0.3 is 14.2 Å². The van der Waals surface area contributed by atoms with E-state index < -0.39 is 11.9 Å². The SMILES string of the molecule is C=C[C@@H]1CN(C(=O)OC)[C@H](C=C)C2(C1)OCCO2. The summed E-state index contributed by atoms with van der Waals surface area (Å²) in [6.07, 6.45) is 3.79. The number of piperidine rings is 1. The number of likely N-dealkylation sites (tertiary alicyclic amines) is 1. The van der Waals surface area contributed by atoms with E-state index in [1.54, 1.807) is 11.0 Å². The molecule has 5 nitrogen and oxygen atoms in total. The quantitative estimate of drug-likeness (QED) is 0.701. The molecule has 0 aliphatic carbocycles. The third kappa shape index (κ3) is 2.04. The highest BCUT2D eigenvalue weighted by atomic mass is 16.7. The van der Waals surface area contributed by atoms with E-state index in [0.717, 1.165) is 0 Å². The van der Waals surface area contributed by atoms with Crippen LogP contribution in [0.2, 0.25) is 0 Å². The smallest absolute Gasteiger partial charge is 0.410 e. The van der Waals surface area contributed by atoms with E-state index >= 15 is 0 Å². The highest BCUT2D eigenvalue weighted by Crippen LogP contribution is 2.39. The molecule has 0 unspecified atom stereocenters. The maximum Gasteiger partial charge on any atom is 0.410 e. The van der Waals surface area contributed by atoms with Crippen LogP contribution < -0.4 is 0 Å². The largest absolute Gasteiger partial charge is 0.453 e. The van der Waals surface area contributed by atoms with Crippen molar-refractivity contribution in [2.45, 2.75) is 18.2 Å². The zero-order valence-corrected chi connectivity index (χ0v) is 10.6. The van der Waals surface area contributed by atoms with Gasteiger partial charge in [-0.1, -0.05) is 12.2 Å². The second-order valence-electron chi connectivity index (χ2n) is 4.51. The van der Waals surface area contributed by atoms with E-state index in [2.05, 4.69) is 13.2 Å². The van der Waals surface area contributed by atoms with E-state index in [9.17, 15) is 4.79 Å². The number of hydrogen-bond acceptors (Lipinski definition) is 4. The van der Waals surface area contributed by atoms with Crippen LogP contribution in [0.4, 0.5) is 4.79 Å². The molecule has 0 aromatic carbocycles. The number of methoxy groups -OCH3 is 1. The van der Waals surface area contributed by atoms with Gasteiger partial charge in [-0.05, 0) is 5.92 Å². The predicted octanol–water partition coefficient (Wildman–Crippen LogP) is 1.56. The minimum atomic E-state index is -0.799. The Morgan fingerprint density at radius 2 is 2.06 bits per heavy atom. The first kappa shape index (κ1) is 13.1. The zero-order chi connectivity index (χ0) is 13.2. The minimum Gasteiger partial charge on any atom is -0.453 e. The summed E-state index contributed by atoms with van der Waals surface area (Å²) in [5, 5.41) is 0. The lowest BCUT2D eigenvalue weighted by Crippen LogP contribution is -2.60. The number of amides is 1. The van der Waals surface area contributed by atoms with Crippen LogP contribution in [-0.2, 0) is 14.2 Å². The molecule has 0 bridgehead atoms. The van der Waals surface area contributed by atoms with Crippen LogP contribution >= 0.6 is 0 Å². The topological polar surface area (TPSA) is 48.0 Å². The van der Waals surface area contributed by atoms with Crippen molar-refractivity contribution < 1.29 is 19.0 Å². The van der Waals surface area contributed by atoms with Crippen molar-refractivity contribution in [3.8, 4) is 0 Å². The van der Waals surface area contributed by atoms with Crippen molar-refractivity contribution in [2.75, 3.05) is 26.9 Å². The highest BCUT2D eigenvalue weighted by molar-refractivity contribution is 5.68. The Kier molecular flexibility index (Phi) is 3.73. The molecule has 18 heavy (non-hydrogen) atoms.